The van der Waals surface area contributed by atoms with E-state index in [0.717, 1.165) is 18.4 Å². The number of carbonyl (C=O) groups excluding carboxylic acids is 2. The maximum atomic E-state index is 11.9. The molecule has 22 heavy (non-hydrogen) atoms. The van der Waals surface area contributed by atoms with Crippen LogP contribution in [-0.4, -0.2) is 16.9 Å². The largest absolute Gasteiger partial charge is 0.444 e. The molecule has 1 aromatic carbocycles. The van der Waals surface area contributed by atoms with Crippen LogP contribution in [0.5, 0.6) is 0 Å². The summed E-state index contributed by atoms with van der Waals surface area (Å²) in [5.74, 6) is 0.471. The Morgan fingerprint density at radius 1 is 1.09 bits per heavy atom. The summed E-state index contributed by atoms with van der Waals surface area (Å²) in [5.41, 5.74) is 1.30. The van der Waals surface area contributed by atoms with Gasteiger partial charge >= 0.3 is 6.09 Å². The van der Waals surface area contributed by atoms with Gasteiger partial charge in [-0.2, -0.15) is 0 Å². The number of amides is 1. The Balaban J connectivity index is 1.57. The van der Waals surface area contributed by atoms with Gasteiger partial charge in [0.05, 0.1) is 0 Å². The fourth-order valence-electron chi connectivity index (χ4n) is 2.06. The van der Waals surface area contributed by atoms with Crippen LogP contribution in [0.15, 0.2) is 48.5 Å². The van der Waals surface area contributed by atoms with Crippen molar-refractivity contribution in [1.82, 2.24) is 4.98 Å². The highest BCUT2D eigenvalue weighted by atomic mass is 16.5. The summed E-state index contributed by atoms with van der Waals surface area (Å²) in [6.45, 7) is 0.188. The number of ketones is 1. The van der Waals surface area contributed by atoms with Crippen LogP contribution < -0.4 is 5.32 Å². The van der Waals surface area contributed by atoms with Gasteiger partial charge in [-0.25, -0.2) is 9.78 Å². The van der Waals surface area contributed by atoms with Crippen molar-refractivity contribution < 1.29 is 14.3 Å². The lowest BCUT2D eigenvalue weighted by Crippen LogP contribution is -2.15. The average molecular weight is 296 g/mol. The Bertz CT molecular complexity index is 681. The second kappa shape index (κ2) is 6.39. The molecule has 0 atom stereocenters. The maximum Gasteiger partial charge on any atom is 0.413 e. The molecule has 0 aliphatic heterocycles. The van der Waals surface area contributed by atoms with Crippen molar-refractivity contribution in [2.24, 2.45) is 5.92 Å². The van der Waals surface area contributed by atoms with E-state index in [0.29, 0.717) is 11.5 Å². The second-order valence-electron chi connectivity index (χ2n) is 5.23. The Labute approximate surface area is 128 Å². The van der Waals surface area contributed by atoms with Gasteiger partial charge in [0, 0.05) is 5.92 Å². The first kappa shape index (κ1) is 14.3. The van der Waals surface area contributed by atoms with E-state index in [2.05, 4.69) is 10.3 Å². The molecule has 0 unspecified atom stereocenters. The first-order valence-corrected chi connectivity index (χ1v) is 7.21. The van der Waals surface area contributed by atoms with Crippen LogP contribution in [0, 0.1) is 5.92 Å². The highest BCUT2D eigenvalue weighted by molar-refractivity contribution is 5.98. The third-order valence-corrected chi connectivity index (χ3v) is 3.39. The van der Waals surface area contributed by atoms with Gasteiger partial charge in [-0.05, 0) is 30.5 Å². The van der Waals surface area contributed by atoms with Crippen LogP contribution in [0.3, 0.4) is 0 Å². The van der Waals surface area contributed by atoms with Gasteiger partial charge < -0.3 is 4.74 Å². The Hall–Kier alpha value is -2.69. The molecule has 1 heterocycles. The summed E-state index contributed by atoms with van der Waals surface area (Å²) < 4.78 is 5.12. The molecule has 5 nitrogen and oxygen atoms in total. The molecule has 1 saturated carbocycles. The van der Waals surface area contributed by atoms with Crippen molar-refractivity contribution in [1.29, 1.82) is 0 Å². The number of aromatic nitrogens is 1. The number of anilines is 1. The van der Waals surface area contributed by atoms with Gasteiger partial charge in [-0.3, -0.25) is 10.1 Å². The number of ether oxygens (including phenoxy) is 1. The summed E-state index contributed by atoms with van der Waals surface area (Å²) in [7, 11) is 0. The van der Waals surface area contributed by atoms with E-state index in [-0.39, 0.29) is 18.3 Å². The highest BCUT2D eigenvalue weighted by Crippen LogP contribution is 2.32. The van der Waals surface area contributed by atoms with Crippen LogP contribution in [0.2, 0.25) is 0 Å². The number of hydrogen-bond acceptors (Lipinski definition) is 4. The Morgan fingerprint density at radius 3 is 2.59 bits per heavy atom. The summed E-state index contributed by atoms with van der Waals surface area (Å²) in [6.07, 6.45) is 1.27. The summed E-state index contributed by atoms with van der Waals surface area (Å²) in [4.78, 5) is 27.9. The molecular weight excluding hydrogens is 280 g/mol. The molecule has 0 radical (unpaired) electrons. The summed E-state index contributed by atoms with van der Waals surface area (Å²) in [6, 6.07) is 14.4. The number of hydrogen-bond donors (Lipinski definition) is 1. The van der Waals surface area contributed by atoms with E-state index in [1.165, 1.54) is 0 Å². The second-order valence-corrected chi connectivity index (χ2v) is 5.23. The van der Waals surface area contributed by atoms with E-state index in [4.69, 9.17) is 4.74 Å². The van der Waals surface area contributed by atoms with Crippen LogP contribution >= 0.6 is 0 Å². The number of benzene rings is 1. The molecule has 5 heteroatoms. The minimum absolute atomic E-state index is 0.0429. The average Bonchev–Trinajstić information content (AvgIpc) is 3.38. The van der Waals surface area contributed by atoms with E-state index in [1.807, 2.05) is 30.3 Å². The molecule has 112 valence electrons. The van der Waals surface area contributed by atoms with Crippen LogP contribution in [0.1, 0.15) is 28.9 Å². The maximum absolute atomic E-state index is 11.9. The smallest absolute Gasteiger partial charge is 0.413 e. The standard InChI is InChI=1S/C17H16N2O3/c20-16(13-9-10-13)14-7-4-8-15(18-14)19-17(21)22-11-12-5-2-1-3-6-12/h1-8,13H,9-11H2,(H,18,19,21). The lowest BCUT2D eigenvalue weighted by atomic mass is 10.2. The fourth-order valence-corrected chi connectivity index (χ4v) is 2.06. The SMILES string of the molecule is O=C(Nc1cccc(C(=O)C2CC2)n1)OCc1ccccc1. The van der Waals surface area contributed by atoms with E-state index in [9.17, 15) is 9.59 Å². The summed E-state index contributed by atoms with van der Waals surface area (Å²) >= 11 is 0. The van der Waals surface area contributed by atoms with E-state index >= 15 is 0 Å². The quantitative estimate of drug-likeness (QED) is 0.858. The fraction of sp³-hybridized carbons (Fsp3) is 0.235. The lowest BCUT2D eigenvalue weighted by Gasteiger charge is -2.07. The minimum Gasteiger partial charge on any atom is -0.444 e. The Kier molecular flexibility index (Phi) is 4.14. The van der Waals surface area contributed by atoms with Crippen molar-refractivity contribution in [2.75, 3.05) is 5.32 Å². The first-order chi connectivity index (χ1) is 10.7. The van der Waals surface area contributed by atoms with Gasteiger partial charge in [-0.1, -0.05) is 36.4 Å². The molecule has 0 spiro atoms. The number of carbonyl (C=O) groups is 2. The van der Waals surface area contributed by atoms with Gasteiger partial charge in [0.2, 0.25) is 0 Å². The van der Waals surface area contributed by atoms with E-state index in [1.54, 1.807) is 18.2 Å². The lowest BCUT2D eigenvalue weighted by molar-refractivity contribution is 0.0962. The predicted octanol–water partition coefficient (Wildman–Crippen LogP) is 3.42. The number of Topliss-reactive ketones (excluding diaryl/α,β-unsaturated/α-hetero) is 1. The van der Waals surface area contributed by atoms with E-state index < -0.39 is 6.09 Å². The minimum atomic E-state index is -0.590. The third-order valence-electron chi connectivity index (χ3n) is 3.39. The molecule has 1 aliphatic carbocycles. The number of nitrogens with zero attached hydrogens (tertiary/aromatic N) is 1. The zero-order chi connectivity index (χ0) is 15.4. The topological polar surface area (TPSA) is 68.3 Å². The van der Waals surface area contributed by atoms with Crippen LogP contribution in [-0.2, 0) is 11.3 Å². The molecule has 1 amide bonds. The van der Waals surface area contributed by atoms with Crippen LogP contribution in [0.4, 0.5) is 10.6 Å². The highest BCUT2D eigenvalue weighted by Gasteiger charge is 2.31. The molecule has 3 rings (SSSR count). The van der Waals surface area contributed by atoms with Crippen molar-refractivity contribution >= 4 is 17.7 Å². The monoisotopic (exact) mass is 296 g/mol. The van der Waals surface area contributed by atoms with Gasteiger partial charge in [-0.15, -0.1) is 0 Å². The third kappa shape index (κ3) is 3.69. The normalized spacial score (nSPS) is 13.5. The van der Waals surface area contributed by atoms with Crippen molar-refractivity contribution in [3.63, 3.8) is 0 Å². The molecular formula is C17H16N2O3. The zero-order valence-corrected chi connectivity index (χ0v) is 12.0. The zero-order valence-electron chi connectivity index (χ0n) is 12.0. The number of rotatable bonds is 5. The molecule has 1 aromatic heterocycles. The molecule has 1 aliphatic rings. The Morgan fingerprint density at radius 2 is 1.86 bits per heavy atom. The van der Waals surface area contributed by atoms with Gasteiger partial charge in [0.25, 0.3) is 0 Å². The number of pyridine rings is 1. The molecule has 0 saturated heterocycles. The van der Waals surface area contributed by atoms with Crippen LogP contribution in [0.25, 0.3) is 0 Å². The summed E-state index contributed by atoms with van der Waals surface area (Å²) in [5, 5.41) is 2.54. The first-order valence-electron chi connectivity index (χ1n) is 7.21. The molecule has 1 fully saturated rings. The molecule has 2 aromatic rings. The molecule has 0 bridgehead atoms. The van der Waals surface area contributed by atoms with Crippen molar-refractivity contribution in [3.8, 4) is 0 Å². The predicted molar refractivity (Wildman–Crippen MR) is 81.5 cm³/mol. The number of nitrogens with one attached hydrogen (secondary N) is 1. The van der Waals surface area contributed by atoms with Gasteiger partial charge in [0.15, 0.2) is 5.78 Å². The molecule has 1 N–H and O–H groups in total. The van der Waals surface area contributed by atoms with Gasteiger partial charge in [0.1, 0.15) is 18.1 Å². The van der Waals surface area contributed by atoms with Crippen molar-refractivity contribution in [2.45, 2.75) is 19.4 Å². The van der Waals surface area contributed by atoms with Crippen molar-refractivity contribution in [3.05, 3.63) is 59.8 Å².